The lowest BCUT2D eigenvalue weighted by Crippen LogP contribution is -2.05. The molecule has 0 aromatic heterocycles. The summed E-state index contributed by atoms with van der Waals surface area (Å²) in [6, 6.07) is 10.6. The van der Waals surface area contributed by atoms with Gasteiger partial charge in [0.1, 0.15) is 0 Å². The van der Waals surface area contributed by atoms with E-state index in [0.717, 1.165) is 36.8 Å². The van der Waals surface area contributed by atoms with Crippen molar-refractivity contribution in [2.45, 2.75) is 45.6 Å². The third-order valence-electron chi connectivity index (χ3n) is 5.77. The van der Waals surface area contributed by atoms with Crippen LogP contribution in [0.1, 0.15) is 64.2 Å². The first-order valence-corrected chi connectivity index (χ1v) is 10.0. The van der Waals surface area contributed by atoms with Gasteiger partial charge in [-0.1, -0.05) is 30.4 Å². The molecule has 2 aromatic rings. The molecular weight excluding hydrogens is 342 g/mol. The molecule has 0 saturated heterocycles. The van der Waals surface area contributed by atoms with Crippen LogP contribution in [0.2, 0.25) is 0 Å². The number of aliphatic imine (C=N–C) groups is 1. The number of amidine groups is 1. The minimum atomic E-state index is 0.140. The molecule has 3 nitrogen and oxygen atoms in total. The minimum Gasteiger partial charge on any atom is -0.324 e. The van der Waals surface area contributed by atoms with Gasteiger partial charge in [-0.25, -0.2) is 4.99 Å². The molecule has 2 aliphatic carbocycles. The first-order chi connectivity index (χ1) is 13.5. The van der Waals surface area contributed by atoms with Gasteiger partial charge in [-0.2, -0.15) is 0 Å². The van der Waals surface area contributed by atoms with E-state index >= 15 is 0 Å². The molecule has 0 radical (unpaired) electrons. The maximum absolute atomic E-state index is 8.36. The van der Waals surface area contributed by atoms with Crippen LogP contribution in [0.4, 0.5) is 0 Å². The van der Waals surface area contributed by atoms with E-state index in [9.17, 15) is 0 Å². The van der Waals surface area contributed by atoms with E-state index in [1.807, 2.05) is 6.07 Å². The van der Waals surface area contributed by atoms with Gasteiger partial charge in [-0.3, -0.25) is 5.41 Å². The zero-order valence-corrected chi connectivity index (χ0v) is 16.6. The van der Waals surface area contributed by atoms with Crippen molar-refractivity contribution in [1.82, 2.24) is 0 Å². The van der Waals surface area contributed by atoms with E-state index < -0.39 is 0 Å². The number of benzene rings is 2. The van der Waals surface area contributed by atoms with Crippen LogP contribution in [0.15, 0.2) is 53.6 Å². The van der Waals surface area contributed by atoms with Crippen LogP contribution in [0.3, 0.4) is 0 Å². The van der Waals surface area contributed by atoms with Crippen molar-refractivity contribution in [1.29, 1.82) is 5.41 Å². The van der Waals surface area contributed by atoms with Gasteiger partial charge in [0, 0.05) is 17.8 Å². The smallest absolute Gasteiger partial charge is 0.151 e. The van der Waals surface area contributed by atoms with Crippen LogP contribution in [-0.4, -0.2) is 12.1 Å². The number of allylic oxidation sites excluding steroid dienone is 4. The Balaban J connectivity index is 1.56. The summed E-state index contributed by atoms with van der Waals surface area (Å²) in [5.41, 5.74) is 15.8. The average Bonchev–Trinajstić information content (AvgIpc) is 3.07. The van der Waals surface area contributed by atoms with Crippen molar-refractivity contribution in [3.8, 4) is 0 Å². The predicted molar refractivity (Wildman–Crippen MR) is 118 cm³/mol. The van der Waals surface area contributed by atoms with E-state index in [1.54, 1.807) is 6.21 Å². The molecule has 3 heteroatoms. The van der Waals surface area contributed by atoms with Crippen molar-refractivity contribution < 1.29 is 0 Å². The SMILES string of the molecule is Cc1cc(/C=N/C(=N)c2ccc3c(c2)CCC3N)cc(C)c1C1=CC=CCC1. The topological polar surface area (TPSA) is 62.2 Å². The van der Waals surface area contributed by atoms with Gasteiger partial charge >= 0.3 is 0 Å². The fraction of sp³-hybridized carbons (Fsp3) is 0.280. The molecule has 0 aliphatic heterocycles. The molecule has 0 saturated carbocycles. The van der Waals surface area contributed by atoms with Gasteiger partial charge in [0.2, 0.25) is 0 Å². The minimum absolute atomic E-state index is 0.140. The summed E-state index contributed by atoms with van der Waals surface area (Å²) in [6.07, 6.45) is 12.6. The summed E-state index contributed by atoms with van der Waals surface area (Å²) in [4.78, 5) is 4.43. The van der Waals surface area contributed by atoms with E-state index in [0.29, 0.717) is 5.84 Å². The zero-order chi connectivity index (χ0) is 19.7. The van der Waals surface area contributed by atoms with Crippen LogP contribution in [0.5, 0.6) is 0 Å². The molecular formula is C25H27N3. The van der Waals surface area contributed by atoms with Crippen LogP contribution >= 0.6 is 0 Å². The highest BCUT2D eigenvalue weighted by Gasteiger charge is 2.19. The van der Waals surface area contributed by atoms with Crippen molar-refractivity contribution in [2.24, 2.45) is 10.7 Å². The highest BCUT2D eigenvalue weighted by Crippen LogP contribution is 2.31. The summed E-state index contributed by atoms with van der Waals surface area (Å²) in [7, 11) is 0. The largest absolute Gasteiger partial charge is 0.324 e. The lowest BCUT2D eigenvalue weighted by atomic mass is 9.89. The first-order valence-electron chi connectivity index (χ1n) is 10.0. The van der Waals surface area contributed by atoms with E-state index in [2.05, 4.69) is 61.3 Å². The number of aryl methyl sites for hydroxylation is 3. The number of hydrogen-bond acceptors (Lipinski definition) is 2. The Morgan fingerprint density at radius 1 is 1.14 bits per heavy atom. The number of nitrogens with zero attached hydrogens (tertiary/aromatic N) is 1. The van der Waals surface area contributed by atoms with Gasteiger partial charge < -0.3 is 5.73 Å². The molecule has 28 heavy (non-hydrogen) atoms. The van der Waals surface area contributed by atoms with Crippen LogP contribution < -0.4 is 5.73 Å². The number of nitrogens with one attached hydrogen (secondary N) is 1. The van der Waals surface area contributed by atoms with Crippen molar-refractivity contribution in [2.75, 3.05) is 0 Å². The van der Waals surface area contributed by atoms with Gasteiger partial charge in [0.15, 0.2) is 5.84 Å². The van der Waals surface area contributed by atoms with Crippen molar-refractivity contribution >= 4 is 17.6 Å². The van der Waals surface area contributed by atoms with Gasteiger partial charge in [-0.05, 0) is 96.7 Å². The molecule has 0 fully saturated rings. The summed E-state index contributed by atoms with van der Waals surface area (Å²) < 4.78 is 0. The van der Waals surface area contributed by atoms with E-state index in [4.69, 9.17) is 11.1 Å². The Hall–Kier alpha value is -2.78. The lowest BCUT2D eigenvalue weighted by molar-refractivity contribution is 0.713. The molecule has 1 atom stereocenters. The van der Waals surface area contributed by atoms with Gasteiger partial charge in [0.05, 0.1) is 0 Å². The molecule has 2 aliphatic rings. The fourth-order valence-corrected chi connectivity index (χ4v) is 4.40. The van der Waals surface area contributed by atoms with E-state index in [-0.39, 0.29) is 6.04 Å². The van der Waals surface area contributed by atoms with Crippen LogP contribution in [0, 0.1) is 19.3 Å². The Bertz CT molecular complexity index is 1000. The Kier molecular flexibility index (Phi) is 5.10. The maximum atomic E-state index is 8.36. The monoisotopic (exact) mass is 369 g/mol. The quantitative estimate of drug-likeness (QED) is 0.550. The second-order valence-electron chi connectivity index (χ2n) is 7.85. The van der Waals surface area contributed by atoms with Crippen molar-refractivity contribution in [3.63, 3.8) is 0 Å². The molecule has 0 spiro atoms. The van der Waals surface area contributed by atoms with Gasteiger partial charge in [0.25, 0.3) is 0 Å². The molecule has 0 bridgehead atoms. The summed E-state index contributed by atoms with van der Waals surface area (Å²) >= 11 is 0. The number of nitrogens with two attached hydrogens (primary N) is 1. The Morgan fingerprint density at radius 2 is 1.93 bits per heavy atom. The first kappa shape index (κ1) is 18.6. The fourth-order valence-electron chi connectivity index (χ4n) is 4.40. The van der Waals surface area contributed by atoms with Crippen LogP contribution in [0.25, 0.3) is 5.57 Å². The molecule has 3 N–H and O–H groups in total. The standard InChI is InChI=1S/C25H27N3/c1-16-12-18(13-17(2)24(16)19-6-4-3-5-7-19)15-28-25(27)21-8-10-22-20(14-21)9-11-23(22)26/h3-4,6,8,10,12-15,23,27H,5,7,9,11,26H2,1-2H3/b27-25?,28-15+. The lowest BCUT2D eigenvalue weighted by Gasteiger charge is -2.16. The average molecular weight is 370 g/mol. The normalized spacial score (nSPS) is 18.4. The van der Waals surface area contributed by atoms with Gasteiger partial charge in [-0.15, -0.1) is 0 Å². The molecule has 0 amide bonds. The third kappa shape index (κ3) is 3.63. The van der Waals surface area contributed by atoms with E-state index in [1.165, 1.54) is 33.4 Å². The molecule has 0 heterocycles. The maximum Gasteiger partial charge on any atom is 0.151 e. The molecule has 4 rings (SSSR count). The predicted octanol–water partition coefficient (Wildman–Crippen LogP) is 5.43. The molecule has 2 aromatic carbocycles. The number of hydrogen-bond donors (Lipinski definition) is 2. The highest BCUT2D eigenvalue weighted by molar-refractivity contribution is 6.03. The van der Waals surface area contributed by atoms with Crippen LogP contribution in [-0.2, 0) is 6.42 Å². The second kappa shape index (κ2) is 7.69. The number of rotatable bonds is 3. The Labute approximate surface area is 167 Å². The second-order valence-corrected chi connectivity index (χ2v) is 7.85. The molecule has 142 valence electrons. The third-order valence-corrected chi connectivity index (χ3v) is 5.77. The zero-order valence-electron chi connectivity index (χ0n) is 16.6. The molecule has 1 unspecified atom stereocenters. The summed E-state index contributed by atoms with van der Waals surface area (Å²) in [6.45, 7) is 4.32. The summed E-state index contributed by atoms with van der Waals surface area (Å²) in [5.74, 6) is 0.294. The van der Waals surface area contributed by atoms with Crippen molar-refractivity contribution in [3.05, 3.63) is 87.5 Å². The number of fused-ring (bicyclic) bond motifs is 1. The highest BCUT2D eigenvalue weighted by atomic mass is 14.8. The summed E-state index contributed by atoms with van der Waals surface area (Å²) in [5, 5.41) is 8.36. The Morgan fingerprint density at radius 3 is 2.64 bits per heavy atom.